The number of carbonyl (C=O) groups excluding carboxylic acids is 1. The molecule has 17 heavy (non-hydrogen) atoms. The van der Waals surface area contributed by atoms with Gasteiger partial charge in [0.05, 0.1) is 11.9 Å². The summed E-state index contributed by atoms with van der Waals surface area (Å²) in [5, 5.41) is 2.85. The predicted octanol–water partition coefficient (Wildman–Crippen LogP) is 3.67. The highest BCUT2D eigenvalue weighted by Crippen LogP contribution is 2.20. The molecule has 1 N–H and O–H groups in total. The second-order valence-electron chi connectivity index (χ2n) is 4.20. The van der Waals surface area contributed by atoms with Crippen LogP contribution in [0.3, 0.4) is 0 Å². The minimum absolute atomic E-state index is 0.0438. The molecule has 2 rings (SSSR count). The number of hydrogen-bond donors (Lipinski definition) is 1. The molecule has 3 nitrogen and oxygen atoms in total. The summed E-state index contributed by atoms with van der Waals surface area (Å²) in [5.41, 5.74) is 2.01. The number of carbonyl (C=O) groups is 1. The van der Waals surface area contributed by atoms with Crippen LogP contribution in [0.15, 0.2) is 34.6 Å². The molecule has 1 aromatic rings. The smallest absolute Gasteiger partial charge is 0.228 e. The Hall–Kier alpha value is -1.16. The third kappa shape index (κ3) is 3.97. The van der Waals surface area contributed by atoms with Gasteiger partial charge in [-0.2, -0.15) is 0 Å². The summed E-state index contributed by atoms with van der Waals surface area (Å²) in [4.78, 5) is 15.8. The van der Waals surface area contributed by atoms with Crippen molar-refractivity contribution in [1.29, 1.82) is 0 Å². The molecule has 90 valence electrons. The molecule has 4 heteroatoms. The topological polar surface area (TPSA) is 42.0 Å². The first-order valence-electron chi connectivity index (χ1n) is 5.83. The summed E-state index contributed by atoms with van der Waals surface area (Å²) in [6, 6.07) is 3.65. The van der Waals surface area contributed by atoms with Crippen LogP contribution in [-0.4, -0.2) is 10.9 Å². The number of nitrogens with one attached hydrogen (secondary N) is 1. The van der Waals surface area contributed by atoms with Crippen molar-refractivity contribution in [1.82, 2.24) is 4.98 Å². The van der Waals surface area contributed by atoms with Gasteiger partial charge in [0.25, 0.3) is 0 Å². The number of pyridine rings is 1. The van der Waals surface area contributed by atoms with Gasteiger partial charge in [-0.25, -0.2) is 4.98 Å². The van der Waals surface area contributed by atoms with Crippen molar-refractivity contribution < 1.29 is 4.79 Å². The van der Waals surface area contributed by atoms with Crippen molar-refractivity contribution in [2.24, 2.45) is 0 Å². The maximum absolute atomic E-state index is 11.8. The summed E-state index contributed by atoms with van der Waals surface area (Å²) < 4.78 is 0.769. The number of amides is 1. The zero-order chi connectivity index (χ0) is 12.1. The average Bonchev–Trinajstić information content (AvgIpc) is 2.33. The molecule has 0 atom stereocenters. The summed E-state index contributed by atoms with van der Waals surface area (Å²) in [5.74, 6) is 0.0438. The van der Waals surface area contributed by atoms with E-state index >= 15 is 0 Å². The first-order valence-corrected chi connectivity index (χ1v) is 6.62. The molecule has 0 aromatic carbocycles. The van der Waals surface area contributed by atoms with Crippen molar-refractivity contribution >= 4 is 27.5 Å². The lowest BCUT2D eigenvalue weighted by atomic mass is 9.97. The SMILES string of the molecule is O=C(CC1=CCCCC1)Nc1ccc(Br)nc1. The zero-order valence-electron chi connectivity index (χ0n) is 9.58. The Morgan fingerprint density at radius 3 is 2.94 bits per heavy atom. The van der Waals surface area contributed by atoms with Gasteiger partial charge in [0.1, 0.15) is 4.60 Å². The lowest BCUT2D eigenvalue weighted by Gasteiger charge is -2.12. The van der Waals surface area contributed by atoms with Crippen molar-refractivity contribution in [3.63, 3.8) is 0 Å². The van der Waals surface area contributed by atoms with E-state index in [0.717, 1.165) is 23.1 Å². The molecule has 1 amide bonds. The van der Waals surface area contributed by atoms with Crippen LogP contribution in [0.4, 0.5) is 5.69 Å². The Morgan fingerprint density at radius 2 is 2.29 bits per heavy atom. The third-order valence-corrected chi connectivity index (χ3v) is 3.25. The molecule has 1 heterocycles. The summed E-state index contributed by atoms with van der Waals surface area (Å²) >= 11 is 3.26. The number of rotatable bonds is 3. The van der Waals surface area contributed by atoms with Crippen molar-refractivity contribution in [3.05, 3.63) is 34.6 Å². The second kappa shape index (κ2) is 5.96. The Balaban J connectivity index is 1.88. The van der Waals surface area contributed by atoms with Crippen molar-refractivity contribution in [3.8, 4) is 0 Å². The minimum Gasteiger partial charge on any atom is -0.324 e. The summed E-state index contributed by atoms with van der Waals surface area (Å²) in [6.45, 7) is 0. The van der Waals surface area contributed by atoms with E-state index in [-0.39, 0.29) is 5.91 Å². The van der Waals surface area contributed by atoms with Crippen LogP contribution in [-0.2, 0) is 4.79 Å². The first kappa shape index (κ1) is 12.3. The van der Waals surface area contributed by atoms with Gasteiger partial charge in [-0.15, -0.1) is 0 Å². The maximum Gasteiger partial charge on any atom is 0.228 e. The van der Waals surface area contributed by atoms with E-state index in [9.17, 15) is 4.79 Å². The molecule has 0 aliphatic heterocycles. The van der Waals surface area contributed by atoms with Gasteiger partial charge in [-0.05, 0) is 53.7 Å². The van der Waals surface area contributed by atoms with Crippen molar-refractivity contribution in [2.75, 3.05) is 5.32 Å². The molecule has 0 saturated heterocycles. The standard InChI is InChI=1S/C13H15BrN2O/c14-12-7-6-11(9-15-12)16-13(17)8-10-4-2-1-3-5-10/h4,6-7,9H,1-3,5,8H2,(H,16,17). The van der Waals surface area contributed by atoms with E-state index in [1.54, 1.807) is 6.20 Å². The van der Waals surface area contributed by atoms with E-state index < -0.39 is 0 Å². The molecule has 1 aliphatic rings. The van der Waals surface area contributed by atoms with Gasteiger partial charge in [-0.3, -0.25) is 4.79 Å². The van der Waals surface area contributed by atoms with Gasteiger partial charge >= 0.3 is 0 Å². The summed E-state index contributed by atoms with van der Waals surface area (Å²) in [6.07, 6.45) is 8.99. The zero-order valence-corrected chi connectivity index (χ0v) is 11.2. The fourth-order valence-electron chi connectivity index (χ4n) is 1.93. The maximum atomic E-state index is 11.8. The molecular formula is C13H15BrN2O. The molecule has 0 radical (unpaired) electrons. The van der Waals surface area contributed by atoms with Gasteiger partial charge in [0.15, 0.2) is 0 Å². The molecule has 0 saturated carbocycles. The van der Waals surface area contributed by atoms with Crippen LogP contribution in [0.25, 0.3) is 0 Å². The molecule has 1 aromatic heterocycles. The number of aromatic nitrogens is 1. The van der Waals surface area contributed by atoms with E-state index in [1.807, 2.05) is 12.1 Å². The van der Waals surface area contributed by atoms with Crippen LogP contribution >= 0.6 is 15.9 Å². The number of halogens is 1. The number of allylic oxidation sites excluding steroid dienone is 1. The van der Waals surface area contributed by atoms with Crippen LogP contribution < -0.4 is 5.32 Å². The molecule has 0 bridgehead atoms. The third-order valence-electron chi connectivity index (χ3n) is 2.78. The molecule has 0 spiro atoms. The highest BCUT2D eigenvalue weighted by molar-refractivity contribution is 9.10. The molecule has 0 unspecified atom stereocenters. The number of hydrogen-bond acceptors (Lipinski definition) is 2. The highest BCUT2D eigenvalue weighted by Gasteiger charge is 2.09. The minimum atomic E-state index is 0.0438. The molecule has 0 fully saturated rings. The van der Waals surface area contributed by atoms with E-state index in [1.165, 1.54) is 18.4 Å². The van der Waals surface area contributed by atoms with E-state index in [2.05, 4.69) is 32.3 Å². The predicted molar refractivity (Wildman–Crippen MR) is 71.7 cm³/mol. The Kier molecular flexibility index (Phi) is 4.31. The fraction of sp³-hybridized carbons (Fsp3) is 0.385. The van der Waals surface area contributed by atoms with Gasteiger partial charge < -0.3 is 5.32 Å². The normalized spacial score (nSPS) is 15.2. The second-order valence-corrected chi connectivity index (χ2v) is 5.02. The highest BCUT2D eigenvalue weighted by atomic mass is 79.9. The van der Waals surface area contributed by atoms with Crippen LogP contribution in [0, 0.1) is 0 Å². The largest absolute Gasteiger partial charge is 0.324 e. The van der Waals surface area contributed by atoms with Gasteiger partial charge in [0, 0.05) is 6.42 Å². The van der Waals surface area contributed by atoms with Crippen molar-refractivity contribution in [2.45, 2.75) is 32.1 Å². The Bertz CT molecular complexity index is 426. The van der Waals surface area contributed by atoms with Crippen LogP contribution in [0.5, 0.6) is 0 Å². The lowest BCUT2D eigenvalue weighted by molar-refractivity contribution is -0.115. The molecule has 1 aliphatic carbocycles. The Labute approximate surface area is 109 Å². The monoisotopic (exact) mass is 294 g/mol. The number of anilines is 1. The van der Waals surface area contributed by atoms with Crippen LogP contribution in [0.2, 0.25) is 0 Å². The van der Waals surface area contributed by atoms with E-state index in [0.29, 0.717) is 6.42 Å². The van der Waals surface area contributed by atoms with Crippen LogP contribution in [0.1, 0.15) is 32.1 Å². The quantitative estimate of drug-likeness (QED) is 0.683. The molecular weight excluding hydrogens is 280 g/mol. The van der Waals surface area contributed by atoms with Gasteiger partial charge in [0.2, 0.25) is 5.91 Å². The Morgan fingerprint density at radius 1 is 1.41 bits per heavy atom. The average molecular weight is 295 g/mol. The number of nitrogens with zero attached hydrogens (tertiary/aromatic N) is 1. The summed E-state index contributed by atoms with van der Waals surface area (Å²) in [7, 11) is 0. The van der Waals surface area contributed by atoms with E-state index in [4.69, 9.17) is 0 Å². The first-order chi connectivity index (χ1) is 8.24. The van der Waals surface area contributed by atoms with Gasteiger partial charge in [-0.1, -0.05) is 11.6 Å². The fourth-order valence-corrected chi connectivity index (χ4v) is 2.16. The lowest BCUT2D eigenvalue weighted by Crippen LogP contribution is -2.13.